The number of anilines is 1. The molecule has 1 atom stereocenters. The number of rotatable bonds is 3. The standard InChI is InChI=1S/C21H24N6O2/c1-14-11-27(15(2)16-7-5-4-6-8-16)24-19(14)23-21(29)26-10-9-17-18(12-26)22-13-25(3)20(17)28/h4-8,11,13,15H,9-10,12H2,1-3H3,(H,23,24,29). The Bertz CT molecular complexity index is 1100. The van der Waals surface area contributed by atoms with Gasteiger partial charge in [-0.15, -0.1) is 0 Å². The Morgan fingerprint density at radius 1 is 1.24 bits per heavy atom. The minimum Gasteiger partial charge on any atom is -0.318 e. The molecular formula is C21H24N6O2. The number of aromatic nitrogens is 4. The van der Waals surface area contributed by atoms with Crippen LogP contribution in [0.5, 0.6) is 0 Å². The summed E-state index contributed by atoms with van der Waals surface area (Å²) in [5, 5.41) is 7.49. The molecule has 0 radical (unpaired) electrons. The number of hydrogen-bond donors (Lipinski definition) is 1. The monoisotopic (exact) mass is 392 g/mol. The summed E-state index contributed by atoms with van der Waals surface area (Å²) < 4.78 is 3.33. The van der Waals surface area contributed by atoms with Crippen molar-refractivity contribution >= 4 is 11.8 Å². The maximum absolute atomic E-state index is 12.8. The van der Waals surface area contributed by atoms with Crippen molar-refractivity contribution in [1.29, 1.82) is 0 Å². The first-order valence-corrected chi connectivity index (χ1v) is 9.64. The molecule has 8 nitrogen and oxygen atoms in total. The number of hydrogen-bond acceptors (Lipinski definition) is 4. The average molecular weight is 392 g/mol. The third-order valence-electron chi connectivity index (χ3n) is 5.39. The minimum absolute atomic E-state index is 0.0421. The normalized spacial score (nSPS) is 14.4. The lowest BCUT2D eigenvalue weighted by atomic mass is 10.1. The van der Waals surface area contributed by atoms with Crippen LogP contribution in [0.2, 0.25) is 0 Å². The van der Waals surface area contributed by atoms with Crippen LogP contribution in [0.15, 0.2) is 47.7 Å². The Hall–Kier alpha value is -3.42. The second kappa shape index (κ2) is 7.54. The van der Waals surface area contributed by atoms with Gasteiger partial charge in [-0.2, -0.15) is 5.10 Å². The summed E-state index contributed by atoms with van der Waals surface area (Å²) in [5.74, 6) is 0.542. The molecule has 3 heterocycles. The number of carbonyl (C=O) groups is 1. The van der Waals surface area contributed by atoms with E-state index in [9.17, 15) is 9.59 Å². The molecule has 0 aliphatic carbocycles. The number of aryl methyl sites for hydroxylation is 2. The van der Waals surface area contributed by atoms with E-state index in [0.717, 1.165) is 11.1 Å². The van der Waals surface area contributed by atoms with Gasteiger partial charge in [-0.05, 0) is 25.8 Å². The topological polar surface area (TPSA) is 85.1 Å². The second-order valence-electron chi connectivity index (χ2n) is 7.41. The lowest BCUT2D eigenvalue weighted by molar-refractivity contribution is 0.205. The van der Waals surface area contributed by atoms with Crippen molar-refractivity contribution in [2.24, 2.45) is 7.05 Å². The minimum atomic E-state index is -0.237. The van der Waals surface area contributed by atoms with E-state index in [1.54, 1.807) is 11.9 Å². The lowest BCUT2D eigenvalue weighted by Crippen LogP contribution is -2.42. The Morgan fingerprint density at radius 2 is 2.00 bits per heavy atom. The van der Waals surface area contributed by atoms with Gasteiger partial charge in [0.1, 0.15) is 0 Å². The van der Waals surface area contributed by atoms with E-state index in [-0.39, 0.29) is 17.6 Å². The lowest BCUT2D eigenvalue weighted by Gasteiger charge is -2.27. The van der Waals surface area contributed by atoms with E-state index in [2.05, 4.69) is 34.5 Å². The van der Waals surface area contributed by atoms with Crippen molar-refractivity contribution in [3.63, 3.8) is 0 Å². The van der Waals surface area contributed by atoms with Gasteiger partial charge in [0.05, 0.1) is 24.6 Å². The molecule has 1 N–H and O–H groups in total. The summed E-state index contributed by atoms with van der Waals surface area (Å²) in [6.07, 6.45) is 3.94. The third-order valence-corrected chi connectivity index (χ3v) is 5.39. The van der Waals surface area contributed by atoms with Crippen molar-refractivity contribution in [3.8, 4) is 0 Å². The van der Waals surface area contributed by atoms with Crippen molar-refractivity contribution < 1.29 is 4.79 Å². The first kappa shape index (κ1) is 18.9. The molecule has 2 amide bonds. The molecule has 3 aromatic rings. The number of urea groups is 1. The van der Waals surface area contributed by atoms with E-state index in [4.69, 9.17) is 0 Å². The first-order valence-electron chi connectivity index (χ1n) is 9.64. The number of nitrogens with one attached hydrogen (secondary N) is 1. The van der Waals surface area contributed by atoms with Crippen molar-refractivity contribution in [3.05, 3.63) is 75.6 Å². The van der Waals surface area contributed by atoms with Crippen molar-refractivity contribution in [1.82, 2.24) is 24.2 Å². The Balaban J connectivity index is 1.48. The van der Waals surface area contributed by atoms with Gasteiger partial charge < -0.3 is 9.47 Å². The maximum atomic E-state index is 12.8. The Morgan fingerprint density at radius 3 is 2.76 bits per heavy atom. The van der Waals surface area contributed by atoms with Crippen LogP contribution < -0.4 is 10.9 Å². The molecule has 0 bridgehead atoms. The molecule has 0 saturated carbocycles. The highest BCUT2D eigenvalue weighted by atomic mass is 16.2. The smallest absolute Gasteiger partial charge is 0.318 e. The summed E-state index contributed by atoms with van der Waals surface area (Å²) in [5.41, 5.74) is 3.35. The summed E-state index contributed by atoms with van der Waals surface area (Å²) >= 11 is 0. The van der Waals surface area contributed by atoms with Gasteiger partial charge in [0.25, 0.3) is 5.56 Å². The van der Waals surface area contributed by atoms with Crippen LogP contribution in [0.1, 0.15) is 35.3 Å². The van der Waals surface area contributed by atoms with E-state index in [1.807, 2.05) is 36.0 Å². The highest BCUT2D eigenvalue weighted by Crippen LogP contribution is 2.22. The molecule has 150 valence electrons. The Kier molecular flexibility index (Phi) is 4.92. The number of nitrogens with zero attached hydrogens (tertiary/aromatic N) is 5. The van der Waals surface area contributed by atoms with Crippen LogP contribution in [0.25, 0.3) is 0 Å². The van der Waals surface area contributed by atoms with E-state index < -0.39 is 0 Å². The molecule has 1 aliphatic heterocycles. The zero-order valence-electron chi connectivity index (χ0n) is 16.8. The third kappa shape index (κ3) is 3.65. The number of carbonyl (C=O) groups excluding carboxylic acids is 1. The molecule has 1 aromatic carbocycles. The number of amides is 2. The first-order chi connectivity index (χ1) is 13.9. The average Bonchev–Trinajstić information content (AvgIpc) is 3.10. The molecule has 0 fully saturated rings. The molecule has 4 rings (SSSR count). The zero-order valence-corrected chi connectivity index (χ0v) is 16.8. The van der Waals surface area contributed by atoms with Gasteiger partial charge in [0.15, 0.2) is 5.82 Å². The zero-order chi connectivity index (χ0) is 20.5. The molecule has 1 aliphatic rings. The van der Waals surface area contributed by atoms with Crippen molar-refractivity contribution in [2.45, 2.75) is 32.9 Å². The summed E-state index contributed by atoms with van der Waals surface area (Å²) in [7, 11) is 1.68. The highest BCUT2D eigenvalue weighted by molar-refractivity contribution is 5.89. The van der Waals surface area contributed by atoms with E-state index >= 15 is 0 Å². The van der Waals surface area contributed by atoms with Gasteiger partial charge in [-0.1, -0.05) is 30.3 Å². The predicted octanol–water partition coefficient (Wildman–Crippen LogP) is 2.48. The van der Waals surface area contributed by atoms with Crippen LogP contribution in [0.4, 0.5) is 10.6 Å². The van der Waals surface area contributed by atoms with Crippen LogP contribution in [-0.2, 0) is 20.0 Å². The fourth-order valence-electron chi connectivity index (χ4n) is 3.56. The summed E-state index contributed by atoms with van der Waals surface area (Å²) in [6, 6.07) is 9.92. The van der Waals surface area contributed by atoms with Gasteiger partial charge >= 0.3 is 6.03 Å². The van der Waals surface area contributed by atoms with Gasteiger partial charge in [0.2, 0.25) is 0 Å². The molecule has 1 unspecified atom stereocenters. The summed E-state index contributed by atoms with van der Waals surface area (Å²) in [6.45, 7) is 4.78. The fraction of sp³-hybridized carbons (Fsp3) is 0.333. The molecule has 8 heteroatoms. The quantitative estimate of drug-likeness (QED) is 0.742. The SMILES string of the molecule is Cc1cn(C(C)c2ccccc2)nc1NC(=O)N1CCc2c(ncn(C)c2=O)C1. The van der Waals surface area contributed by atoms with Crippen molar-refractivity contribution in [2.75, 3.05) is 11.9 Å². The predicted molar refractivity (Wildman–Crippen MR) is 110 cm³/mol. The van der Waals surface area contributed by atoms with E-state index in [1.165, 1.54) is 10.9 Å². The number of fused-ring (bicyclic) bond motifs is 1. The molecule has 29 heavy (non-hydrogen) atoms. The Labute approximate surface area is 168 Å². The summed E-state index contributed by atoms with van der Waals surface area (Å²) in [4.78, 5) is 31.0. The fourth-order valence-corrected chi connectivity index (χ4v) is 3.56. The van der Waals surface area contributed by atoms with Crippen LogP contribution in [0, 0.1) is 6.92 Å². The molecule has 2 aromatic heterocycles. The van der Waals surface area contributed by atoms with Crippen LogP contribution >= 0.6 is 0 Å². The number of benzene rings is 1. The molecule has 0 saturated heterocycles. The van der Waals surface area contributed by atoms with Gasteiger partial charge in [-0.3, -0.25) is 14.8 Å². The van der Waals surface area contributed by atoms with E-state index in [0.29, 0.717) is 36.6 Å². The van der Waals surface area contributed by atoms with Crippen LogP contribution in [-0.4, -0.2) is 36.8 Å². The maximum Gasteiger partial charge on any atom is 0.323 e. The molecule has 0 spiro atoms. The largest absolute Gasteiger partial charge is 0.323 e. The molecular weight excluding hydrogens is 368 g/mol. The van der Waals surface area contributed by atoms with Gasteiger partial charge in [-0.25, -0.2) is 9.78 Å². The van der Waals surface area contributed by atoms with Crippen LogP contribution in [0.3, 0.4) is 0 Å². The highest BCUT2D eigenvalue weighted by Gasteiger charge is 2.25. The second-order valence-corrected chi connectivity index (χ2v) is 7.41. The van der Waals surface area contributed by atoms with Gasteiger partial charge in [0, 0.05) is 30.9 Å².